The Kier molecular flexibility index (Phi) is 5.34. The van der Waals surface area contributed by atoms with Crippen molar-refractivity contribution in [3.63, 3.8) is 0 Å². The number of rotatable bonds is 6. The Hall–Kier alpha value is -2.08. The number of carbonyl (C=O) groups is 2. The second kappa shape index (κ2) is 7.89. The van der Waals surface area contributed by atoms with E-state index >= 15 is 0 Å². The van der Waals surface area contributed by atoms with Crippen molar-refractivity contribution in [2.45, 2.75) is 62.6 Å². The minimum absolute atomic E-state index is 0.0469. The zero-order chi connectivity index (χ0) is 18.8. The van der Waals surface area contributed by atoms with Crippen LogP contribution in [0, 0.1) is 5.92 Å². The van der Waals surface area contributed by atoms with Crippen LogP contribution in [0.1, 0.15) is 50.0 Å². The van der Waals surface area contributed by atoms with Gasteiger partial charge in [-0.2, -0.15) is 0 Å². The Balaban J connectivity index is 1.44. The van der Waals surface area contributed by atoms with E-state index in [0.717, 1.165) is 31.2 Å². The lowest BCUT2D eigenvalue weighted by Crippen LogP contribution is -2.69. The summed E-state index contributed by atoms with van der Waals surface area (Å²) in [4.78, 5) is 26.9. The van der Waals surface area contributed by atoms with E-state index in [0.29, 0.717) is 6.54 Å². The van der Waals surface area contributed by atoms with Crippen molar-refractivity contribution < 1.29 is 14.7 Å². The normalized spacial score (nSPS) is 27.9. The Bertz CT molecular complexity index is 671. The van der Waals surface area contributed by atoms with Gasteiger partial charge in [0.05, 0.1) is 18.7 Å². The van der Waals surface area contributed by atoms with Gasteiger partial charge in [-0.3, -0.25) is 4.79 Å². The van der Waals surface area contributed by atoms with Gasteiger partial charge in [0.15, 0.2) is 0 Å². The van der Waals surface area contributed by atoms with Crippen LogP contribution in [0.2, 0.25) is 0 Å². The fraction of sp³-hybridized carbons (Fsp3) is 0.619. The monoisotopic (exact) mass is 371 g/mol. The lowest BCUT2D eigenvalue weighted by Gasteiger charge is -2.55. The third-order valence-electron chi connectivity index (χ3n) is 6.26. The summed E-state index contributed by atoms with van der Waals surface area (Å²) in [6.45, 7) is 0.357. The maximum atomic E-state index is 12.8. The molecule has 2 aliphatic carbocycles. The predicted octanol–water partition coefficient (Wildman–Crippen LogP) is 1.99. The molecule has 0 radical (unpaired) electrons. The van der Waals surface area contributed by atoms with Gasteiger partial charge in [-0.05, 0) is 31.2 Å². The van der Waals surface area contributed by atoms with Crippen LogP contribution < -0.4 is 10.6 Å². The van der Waals surface area contributed by atoms with Crippen molar-refractivity contribution in [2.24, 2.45) is 5.92 Å². The third-order valence-corrected chi connectivity index (χ3v) is 6.26. The van der Waals surface area contributed by atoms with Gasteiger partial charge in [0.2, 0.25) is 5.91 Å². The van der Waals surface area contributed by atoms with Crippen molar-refractivity contribution in [3.8, 4) is 0 Å². The molecule has 27 heavy (non-hydrogen) atoms. The summed E-state index contributed by atoms with van der Waals surface area (Å²) in [5, 5.41) is 15.9. The summed E-state index contributed by atoms with van der Waals surface area (Å²) in [7, 11) is 0. The highest BCUT2D eigenvalue weighted by Gasteiger charge is 2.53. The molecule has 1 aliphatic heterocycles. The Labute approximate surface area is 160 Å². The topological polar surface area (TPSA) is 81.7 Å². The van der Waals surface area contributed by atoms with Crippen LogP contribution >= 0.6 is 0 Å². The van der Waals surface area contributed by atoms with Crippen molar-refractivity contribution in [1.82, 2.24) is 15.5 Å². The summed E-state index contributed by atoms with van der Waals surface area (Å²) >= 11 is 0. The first kappa shape index (κ1) is 18.3. The Morgan fingerprint density at radius 2 is 1.74 bits per heavy atom. The highest BCUT2D eigenvalue weighted by atomic mass is 16.3. The summed E-state index contributed by atoms with van der Waals surface area (Å²) in [5.41, 5.74) is 1.11. The molecule has 0 aromatic heterocycles. The van der Waals surface area contributed by atoms with Crippen LogP contribution in [-0.2, 0) is 4.79 Å². The van der Waals surface area contributed by atoms with Gasteiger partial charge in [0.1, 0.15) is 0 Å². The Morgan fingerprint density at radius 3 is 2.37 bits per heavy atom. The molecule has 3 N–H and O–H groups in total. The van der Waals surface area contributed by atoms with E-state index in [1.165, 1.54) is 12.8 Å². The molecule has 6 nitrogen and oxygen atoms in total. The number of aliphatic hydroxyl groups is 1. The average molecular weight is 371 g/mol. The number of amides is 3. The van der Waals surface area contributed by atoms with E-state index < -0.39 is 0 Å². The maximum Gasteiger partial charge on any atom is 0.315 e. The molecule has 3 fully saturated rings. The zero-order valence-corrected chi connectivity index (χ0v) is 15.6. The number of nitrogens with one attached hydrogen (secondary N) is 2. The van der Waals surface area contributed by atoms with E-state index in [1.807, 2.05) is 35.2 Å². The van der Waals surface area contributed by atoms with E-state index in [-0.39, 0.29) is 48.5 Å². The van der Waals surface area contributed by atoms with Gasteiger partial charge in [-0.25, -0.2) is 4.79 Å². The maximum absolute atomic E-state index is 12.8. The minimum Gasteiger partial charge on any atom is -0.394 e. The van der Waals surface area contributed by atoms with E-state index in [4.69, 9.17) is 0 Å². The van der Waals surface area contributed by atoms with Crippen LogP contribution in [0.5, 0.6) is 0 Å². The molecule has 1 aromatic rings. The molecule has 3 atom stereocenters. The molecule has 0 spiro atoms. The number of hydrogen-bond donors (Lipinski definition) is 3. The fourth-order valence-electron chi connectivity index (χ4n) is 4.67. The second-order valence-electron chi connectivity index (χ2n) is 8.11. The number of benzene rings is 1. The minimum atomic E-state index is -0.204. The first-order valence-electron chi connectivity index (χ1n) is 10.2. The van der Waals surface area contributed by atoms with Crippen molar-refractivity contribution in [2.75, 3.05) is 13.2 Å². The smallest absolute Gasteiger partial charge is 0.315 e. The Morgan fingerprint density at radius 1 is 1.04 bits per heavy atom. The van der Waals surface area contributed by atoms with Gasteiger partial charge in [0.25, 0.3) is 0 Å². The van der Waals surface area contributed by atoms with Crippen molar-refractivity contribution in [1.29, 1.82) is 0 Å². The molecule has 0 unspecified atom stereocenters. The summed E-state index contributed by atoms with van der Waals surface area (Å²) in [6.07, 6.45) is 6.30. The van der Waals surface area contributed by atoms with E-state index in [9.17, 15) is 14.7 Å². The average Bonchev–Trinajstić information content (AvgIpc) is 3.40. The van der Waals surface area contributed by atoms with Gasteiger partial charge < -0.3 is 20.6 Å². The molecular weight excluding hydrogens is 342 g/mol. The van der Waals surface area contributed by atoms with E-state index in [1.54, 1.807) is 0 Å². The fourth-order valence-corrected chi connectivity index (χ4v) is 4.67. The highest BCUT2D eigenvalue weighted by molar-refractivity contribution is 5.83. The van der Waals surface area contributed by atoms with Crippen LogP contribution in [0.4, 0.5) is 4.79 Å². The van der Waals surface area contributed by atoms with Crippen molar-refractivity contribution >= 4 is 11.9 Å². The third kappa shape index (κ3) is 3.81. The second-order valence-corrected chi connectivity index (χ2v) is 8.11. The molecule has 1 aromatic carbocycles. The zero-order valence-electron chi connectivity index (χ0n) is 15.6. The molecular formula is C21H29N3O3. The first-order chi connectivity index (χ1) is 13.2. The van der Waals surface area contributed by atoms with Gasteiger partial charge in [-0.15, -0.1) is 0 Å². The number of carbonyl (C=O) groups excluding carboxylic acids is 2. The van der Waals surface area contributed by atoms with Gasteiger partial charge >= 0.3 is 6.03 Å². The highest BCUT2D eigenvalue weighted by Crippen LogP contribution is 2.44. The summed E-state index contributed by atoms with van der Waals surface area (Å²) in [6, 6.07) is 9.81. The predicted molar refractivity (Wildman–Crippen MR) is 102 cm³/mol. The molecule has 3 aliphatic rings. The number of nitrogens with zero attached hydrogens (tertiary/aromatic N) is 1. The van der Waals surface area contributed by atoms with E-state index in [2.05, 4.69) is 10.6 Å². The number of likely N-dealkylation sites (tertiary alicyclic amines) is 1. The van der Waals surface area contributed by atoms with Gasteiger partial charge in [-0.1, -0.05) is 43.2 Å². The number of urea groups is 1. The first-order valence-corrected chi connectivity index (χ1v) is 10.2. The van der Waals surface area contributed by atoms with Crippen LogP contribution in [-0.4, -0.2) is 53.2 Å². The quantitative estimate of drug-likeness (QED) is 0.715. The lowest BCUT2D eigenvalue weighted by molar-refractivity contribution is -0.151. The molecule has 1 saturated heterocycles. The molecule has 4 rings (SSSR count). The molecule has 146 valence electrons. The standard InChI is InChI=1S/C21H29N3O3/c25-13-18-19(14-6-2-1-3-7-14)17(24(18)20(26)15-10-11-15)12-22-21(27)23-16-8-4-5-9-16/h1-3,6-7,15-19,25H,4-5,8-13H2,(H2,22,23,27)/t17-,18-,19-/m0/s1. The van der Waals surface area contributed by atoms with Crippen LogP contribution in [0.15, 0.2) is 30.3 Å². The SMILES string of the molecule is O=C(NC[C@H]1[C@H](c2ccccc2)[C@H](CO)N1C(=O)C1CC1)NC1CCCC1. The van der Waals surface area contributed by atoms with Crippen molar-refractivity contribution in [3.05, 3.63) is 35.9 Å². The molecule has 3 amide bonds. The largest absolute Gasteiger partial charge is 0.394 e. The van der Waals surface area contributed by atoms with Gasteiger partial charge in [0, 0.05) is 24.4 Å². The summed E-state index contributed by atoms with van der Waals surface area (Å²) in [5.74, 6) is 0.278. The molecule has 1 heterocycles. The number of hydrogen-bond acceptors (Lipinski definition) is 3. The molecule has 2 saturated carbocycles. The number of aliphatic hydroxyl groups excluding tert-OH is 1. The molecule has 6 heteroatoms. The van der Waals surface area contributed by atoms with Crippen LogP contribution in [0.25, 0.3) is 0 Å². The lowest BCUT2D eigenvalue weighted by atomic mass is 9.74. The van der Waals surface area contributed by atoms with Crippen LogP contribution in [0.3, 0.4) is 0 Å². The summed E-state index contributed by atoms with van der Waals surface area (Å²) < 4.78 is 0. The molecule has 0 bridgehead atoms.